The summed E-state index contributed by atoms with van der Waals surface area (Å²) in [5.41, 5.74) is 5.27. The van der Waals surface area contributed by atoms with Crippen LogP contribution in [-0.4, -0.2) is 12.8 Å². The summed E-state index contributed by atoms with van der Waals surface area (Å²) in [6.45, 7) is 0. The predicted octanol–water partition coefficient (Wildman–Crippen LogP) is 6.59. The number of hydrogen-bond acceptors (Lipinski definition) is 2. The van der Waals surface area contributed by atoms with E-state index in [2.05, 4.69) is 80.8 Å². The summed E-state index contributed by atoms with van der Waals surface area (Å²) in [6.07, 6.45) is 8.64. The molecule has 0 atom stereocenters. The molecule has 1 aliphatic carbocycles. The van der Waals surface area contributed by atoms with E-state index in [1.54, 1.807) is 0 Å². The lowest BCUT2D eigenvalue weighted by molar-refractivity contribution is 0.397. The Hall–Kier alpha value is -3.07. The van der Waals surface area contributed by atoms with Gasteiger partial charge in [0.15, 0.2) is 0 Å². The van der Waals surface area contributed by atoms with Crippen molar-refractivity contribution in [2.24, 2.45) is 0 Å². The van der Waals surface area contributed by atoms with E-state index in [-0.39, 0.29) is 5.31 Å². The number of nitrogens with zero attached hydrogens (tertiary/aromatic N) is 1. The lowest BCUT2D eigenvalue weighted by atomic mass is 9.57. The van der Waals surface area contributed by atoms with Gasteiger partial charge in [-0.05, 0) is 45.9 Å². The first-order valence-corrected chi connectivity index (χ1v) is 11.0. The first-order valence-electron chi connectivity index (χ1n) is 11.0. The second kappa shape index (κ2) is 6.73. The molecular formula is C27H24BNO. The third-order valence-corrected chi connectivity index (χ3v) is 7.06. The molecule has 0 bridgehead atoms. The number of rotatable bonds is 2. The first kappa shape index (κ1) is 17.8. The van der Waals surface area contributed by atoms with Gasteiger partial charge in [0.05, 0.1) is 5.69 Å². The molecule has 2 nitrogen and oxygen atoms in total. The van der Waals surface area contributed by atoms with Gasteiger partial charge in [0, 0.05) is 22.5 Å². The summed E-state index contributed by atoms with van der Waals surface area (Å²) in [7, 11) is 2.40. The van der Waals surface area contributed by atoms with Gasteiger partial charge in [0.2, 0.25) is 0 Å². The Balaban J connectivity index is 1.48. The second-order valence-corrected chi connectivity index (χ2v) is 9.03. The van der Waals surface area contributed by atoms with Gasteiger partial charge in [-0.15, -0.1) is 0 Å². The molecule has 1 aliphatic rings. The SMILES string of the molecule is BC1(c2ccc(-c3cccc4c3oc3cc5ccccc5cc34)nc2)CCCCC1. The van der Waals surface area contributed by atoms with Crippen LogP contribution in [0.25, 0.3) is 44.0 Å². The molecule has 6 rings (SSSR count). The monoisotopic (exact) mass is 389 g/mol. The van der Waals surface area contributed by atoms with E-state index < -0.39 is 0 Å². The Kier molecular flexibility index (Phi) is 3.99. The zero-order chi connectivity index (χ0) is 20.1. The smallest absolute Gasteiger partial charge is 0.144 e. The lowest BCUT2D eigenvalue weighted by Gasteiger charge is -2.34. The molecule has 5 aromatic rings. The van der Waals surface area contributed by atoms with Gasteiger partial charge in [-0.3, -0.25) is 4.98 Å². The largest absolute Gasteiger partial charge is 0.455 e. The average Bonchev–Trinajstić information content (AvgIpc) is 3.16. The van der Waals surface area contributed by atoms with Crippen LogP contribution in [0.15, 0.2) is 77.3 Å². The van der Waals surface area contributed by atoms with Crippen LogP contribution in [0.1, 0.15) is 37.7 Å². The van der Waals surface area contributed by atoms with Crippen molar-refractivity contribution in [2.45, 2.75) is 37.4 Å². The highest BCUT2D eigenvalue weighted by Gasteiger charge is 2.29. The fourth-order valence-corrected chi connectivity index (χ4v) is 5.22. The number of pyridine rings is 1. The van der Waals surface area contributed by atoms with Gasteiger partial charge in [-0.2, -0.15) is 0 Å². The molecule has 0 radical (unpaired) electrons. The Morgan fingerprint density at radius 3 is 2.37 bits per heavy atom. The lowest BCUT2D eigenvalue weighted by Crippen LogP contribution is -2.29. The second-order valence-electron chi connectivity index (χ2n) is 9.03. The van der Waals surface area contributed by atoms with Crippen LogP contribution in [0, 0.1) is 0 Å². The maximum atomic E-state index is 6.37. The van der Waals surface area contributed by atoms with Gasteiger partial charge >= 0.3 is 0 Å². The topological polar surface area (TPSA) is 26.0 Å². The molecule has 0 unspecified atom stereocenters. The third kappa shape index (κ3) is 2.76. The van der Waals surface area contributed by atoms with Crippen LogP contribution >= 0.6 is 0 Å². The van der Waals surface area contributed by atoms with Crippen molar-refractivity contribution < 1.29 is 4.42 Å². The molecule has 146 valence electrons. The summed E-state index contributed by atoms with van der Waals surface area (Å²) in [5.74, 6) is 0. The maximum absolute atomic E-state index is 6.37. The molecule has 2 heterocycles. The molecule has 0 N–H and O–H groups in total. The van der Waals surface area contributed by atoms with Gasteiger partial charge in [0.25, 0.3) is 0 Å². The minimum atomic E-state index is 0.273. The van der Waals surface area contributed by atoms with Crippen molar-refractivity contribution in [1.29, 1.82) is 0 Å². The summed E-state index contributed by atoms with van der Waals surface area (Å²) in [6, 6.07) is 23.7. The highest BCUT2D eigenvalue weighted by Crippen LogP contribution is 2.39. The molecule has 2 aromatic heterocycles. The van der Waals surface area contributed by atoms with E-state index in [1.165, 1.54) is 48.4 Å². The Morgan fingerprint density at radius 1 is 0.800 bits per heavy atom. The van der Waals surface area contributed by atoms with Crippen molar-refractivity contribution in [1.82, 2.24) is 4.98 Å². The molecule has 30 heavy (non-hydrogen) atoms. The molecular weight excluding hydrogens is 365 g/mol. The van der Waals surface area contributed by atoms with Gasteiger partial charge < -0.3 is 4.42 Å². The Labute approximate surface area is 177 Å². The number of fused-ring (bicyclic) bond motifs is 4. The molecule has 1 fully saturated rings. The number of para-hydroxylation sites is 1. The van der Waals surface area contributed by atoms with Crippen LogP contribution in [0.5, 0.6) is 0 Å². The van der Waals surface area contributed by atoms with Gasteiger partial charge in [-0.1, -0.05) is 74.6 Å². The van der Waals surface area contributed by atoms with Crippen LogP contribution < -0.4 is 0 Å². The number of furan rings is 1. The fourth-order valence-electron chi connectivity index (χ4n) is 5.22. The van der Waals surface area contributed by atoms with E-state index in [1.807, 2.05) is 0 Å². The Bertz CT molecular complexity index is 1380. The molecule has 0 amide bonds. The summed E-state index contributed by atoms with van der Waals surface area (Å²) >= 11 is 0. The Morgan fingerprint density at radius 2 is 1.60 bits per heavy atom. The number of aromatic nitrogens is 1. The van der Waals surface area contributed by atoms with Crippen LogP contribution in [0.2, 0.25) is 0 Å². The van der Waals surface area contributed by atoms with E-state index in [4.69, 9.17) is 9.40 Å². The third-order valence-electron chi connectivity index (χ3n) is 7.06. The van der Waals surface area contributed by atoms with Gasteiger partial charge in [0.1, 0.15) is 19.0 Å². The van der Waals surface area contributed by atoms with Crippen molar-refractivity contribution in [3.8, 4) is 11.3 Å². The summed E-state index contributed by atoms with van der Waals surface area (Å²) in [4.78, 5) is 4.88. The average molecular weight is 389 g/mol. The van der Waals surface area contributed by atoms with E-state index >= 15 is 0 Å². The summed E-state index contributed by atoms with van der Waals surface area (Å²) < 4.78 is 6.37. The molecule has 0 saturated heterocycles. The van der Waals surface area contributed by atoms with Crippen LogP contribution in [0.4, 0.5) is 0 Å². The molecule has 1 saturated carbocycles. The van der Waals surface area contributed by atoms with Crippen molar-refractivity contribution in [3.63, 3.8) is 0 Å². The first-order chi connectivity index (χ1) is 14.7. The van der Waals surface area contributed by atoms with Crippen molar-refractivity contribution in [3.05, 3.63) is 78.5 Å². The normalized spacial score (nSPS) is 16.4. The van der Waals surface area contributed by atoms with E-state index in [9.17, 15) is 0 Å². The standard InChI is InChI=1S/C27H24BNO/c28-27(13-4-1-5-14-27)20-11-12-24(29-17-20)22-10-6-9-21-23-15-18-7-2-3-8-19(18)16-25(23)30-26(21)22/h2-3,6-12,15-17H,1,4-5,13-14,28H2. The molecule has 0 spiro atoms. The highest BCUT2D eigenvalue weighted by atomic mass is 16.3. The number of hydrogen-bond donors (Lipinski definition) is 0. The highest BCUT2D eigenvalue weighted by molar-refractivity contribution is 6.16. The predicted molar refractivity (Wildman–Crippen MR) is 128 cm³/mol. The summed E-state index contributed by atoms with van der Waals surface area (Å²) in [5, 5.41) is 5.03. The van der Waals surface area contributed by atoms with Crippen LogP contribution in [-0.2, 0) is 5.31 Å². The minimum Gasteiger partial charge on any atom is -0.455 e. The fraction of sp³-hybridized carbons (Fsp3) is 0.222. The molecule has 3 heteroatoms. The quantitative estimate of drug-likeness (QED) is 0.318. The van der Waals surface area contributed by atoms with E-state index in [0.717, 1.165) is 33.2 Å². The zero-order valence-corrected chi connectivity index (χ0v) is 17.3. The minimum absolute atomic E-state index is 0.273. The maximum Gasteiger partial charge on any atom is 0.144 e. The number of benzene rings is 3. The molecule has 3 aromatic carbocycles. The molecule has 0 aliphatic heterocycles. The van der Waals surface area contributed by atoms with Crippen molar-refractivity contribution >= 4 is 40.6 Å². The van der Waals surface area contributed by atoms with Crippen LogP contribution in [0.3, 0.4) is 0 Å². The van der Waals surface area contributed by atoms with Gasteiger partial charge in [-0.25, -0.2) is 0 Å². The van der Waals surface area contributed by atoms with E-state index in [0.29, 0.717) is 0 Å². The zero-order valence-electron chi connectivity index (χ0n) is 17.3. The van der Waals surface area contributed by atoms with Crippen molar-refractivity contribution in [2.75, 3.05) is 0 Å².